The number of likely N-dealkylation sites (N-methyl/N-ethyl adjacent to an activating group) is 1. The van der Waals surface area contributed by atoms with Gasteiger partial charge < -0.3 is 14.8 Å². The van der Waals surface area contributed by atoms with E-state index in [9.17, 15) is 4.79 Å². The molecule has 4 nitrogen and oxygen atoms in total. The average Bonchev–Trinajstić information content (AvgIpc) is 2.62. The SMILES string of the molecule is CN1C[C@H](Nc2ccn(C)c(=O)c2Cl)C[C@H](c2ccc(CCl)cc2)C1. The molecule has 1 N–H and O–H groups in total. The minimum Gasteiger partial charge on any atom is -0.380 e. The standard InChI is InChI=1S/C19H23Cl2N3O/c1-23-11-15(14-5-3-13(10-20)4-6-14)9-16(12-23)22-17-7-8-24(2)19(25)18(17)21/h3-8,15-16,22H,9-12H2,1-2H3/t15-,16+/m0/s1. The summed E-state index contributed by atoms with van der Waals surface area (Å²) in [7, 11) is 3.83. The van der Waals surface area contributed by atoms with E-state index in [1.54, 1.807) is 13.2 Å². The first-order valence-corrected chi connectivity index (χ1v) is 9.34. The van der Waals surface area contributed by atoms with Gasteiger partial charge in [0.1, 0.15) is 5.02 Å². The van der Waals surface area contributed by atoms with Crippen LogP contribution in [0.1, 0.15) is 23.5 Å². The van der Waals surface area contributed by atoms with Crippen LogP contribution >= 0.6 is 23.2 Å². The molecule has 2 atom stereocenters. The first kappa shape index (κ1) is 18.3. The van der Waals surface area contributed by atoms with Crippen molar-refractivity contribution in [3.05, 3.63) is 63.0 Å². The van der Waals surface area contributed by atoms with Crippen LogP contribution in [0.15, 0.2) is 41.3 Å². The van der Waals surface area contributed by atoms with E-state index < -0.39 is 0 Å². The highest BCUT2D eigenvalue weighted by atomic mass is 35.5. The van der Waals surface area contributed by atoms with Crippen LogP contribution < -0.4 is 10.9 Å². The Morgan fingerprint density at radius 2 is 1.88 bits per heavy atom. The molecule has 3 rings (SSSR count). The molecule has 0 amide bonds. The topological polar surface area (TPSA) is 37.3 Å². The van der Waals surface area contributed by atoms with E-state index in [1.807, 2.05) is 6.07 Å². The van der Waals surface area contributed by atoms with Gasteiger partial charge in [-0.25, -0.2) is 0 Å². The molecular weight excluding hydrogens is 357 g/mol. The maximum absolute atomic E-state index is 12.0. The Balaban J connectivity index is 1.76. The fourth-order valence-corrected chi connectivity index (χ4v) is 3.90. The number of anilines is 1. The molecule has 2 aromatic rings. The Kier molecular flexibility index (Phi) is 5.72. The number of pyridine rings is 1. The highest BCUT2D eigenvalue weighted by Gasteiger charge is 2.27. The summed E-state index contributed by atoms with van der Waals surface area (Å²) in [6.07, 6.45) is 2.74. The highest BCUT2D eigenvalue weighted by Crippen LogP contribution is 2.29. The third-order valence-corrected chi connectivity index (χ3v) is 5.48. The van der Waals surface area contributed by atoms with Crippen LogP contribution in [0.4, 0.5) is 5.69 Å². The van der Waals surface area contributed by atoms with Crippen LogP contribution in [0.3, 0.4) is 0 Å². The Bertz CT molecular complexity index is 788. The van der Waals surface area contributed by atoms with Gasteiger partial charge >= 0.3 is 0 Å². The van der Waals surface area contributed by atoms with Crippen molar-refractivity contribution in [1.82, 2.24) is 9.47 Å². The van der Waals surface area contributed by atoms with Crippen molar-refractivity contribution in [3.8, 4) is 0 Å². The quantitative estimate of drug-likeness (QED) is 0.823. The molecule has 1 fully saturated rings. The zero-order chi connectivity index (χ0) is 18.0. The number of halogens is 2. The van der Waals surface area contributed by atoms with Crippen LogP contribution in [0, 0.1) is 0 Å². The molecule has 0 bridgehead atoms. The van der Waals surface area contributed by atoms with Gasteiger partial charge in [0.05, 0.1) is 5.69 Å². The zero-order valence-electron chi connectivity index (χ0n) is 14.5. The maximum atomic E-state index is 12.0. The number of aryl methyl sites for hydroxylation is 1. The van der Waals surface area contributed by atoms with E-state index in [2.05, 4.69) is 41.5 Å². The molecule has 2 heterocycles. The highest BCUT2D eigenvalue weighted by molar-refractivity contribution is 6.33. The molecule has 0 unspecified atom stereocenters. The van der Waals surface area contributed by atoms with Gasteiger partial charge in [0, 0.05) is 38.3 Å². The van der Waals surface area contributed by atoms with Gasteiger partial charge in [-0.1, -0.05) is 35.9 Å². The van der Waals surface area contributed by atoms with E-state index in [0.717, 1.165) is 25.1 Å². The minimum atomic E-state index is -0.177. The van der Waals surface area contributed by atoms with Gasteiger partial charge in [0.25, 0.3) is 5.56 Å². The molecule has 1 saturated heterocycles. The first-order chi connectivity index (χ1) is 12.0. The number of rotatable bonds is 4. The molecular formula is C19H23Cl2N3O. The van der Waals surface area contributed by atoms with Crippen molar-refractivity contribution in [2.75, 3.05) is 25.5 Å². The fraction of sp³-hybridized carbons (Fsp3) is 0.421. The maximum Gasteiger partial charge on any atom is 0.271 e. The number of piperidine rings is 1. The predicted molar refractivity (Wildman–Crippen MR) is 105 cm³/mol. The summed E-state index contributed by atoms with van der Waals surface area (Å²) in [5, 5.41) is 3.71. The summed E-state index contributed by atoms with van der Waals surface area (Å²) in [5.41, 5.74) is 2.99. The third-order valence-electron chi connectivity index (χ3n) is 4.81. The average molecular weight is 380 g/mol. The molecule has 1 aliphatic heterocycles. The number of hydrogen-bond acceptors (Lipinski definition) is 3. The van der Waals surface area contributed by atoms with Crippen molar-refractivity contribution in [2.45, 2.75) is 24.3 Å². The lowest BCUT2D eigenvalue weighted by Gasteiger charge is -2.37. The van der Waals surface area contributed by atoms with E-state index in [0.29, 0.717) is 17.5 Å². The number of hydrogen-bond donors (Lipinski definition) is 1. The van der Waals surface area contributed by atoms with Crippen LogP contribution in [-0.4, -0.2) is 35.6 Å². The smallest absolute Gasteiger partial charge is 0.271 e. The van der Waals surface area contributed by atoms with Gasteiger partial charge in [0.15, 0.2) is 0 Å². The van der Waals surface area contributed by atoms with E-state index in [1.165, 1.54) is 10.1 Å². The second kappa shape index (κ2) is 7.81. The number of nitrogens with one attached hydrogen (secondary N) is 1. The molecule has 6 heteroatoms. The Morgan fingerprint density at radius 1 is 1.16 bits per heavy atom. The van der Waals surface area contributed by atoms with Gasteiger partial charge in [-0.15, -0.1) is 11.6 Å². The van der Waals surface area contributed by atoms with Crippen molar-refractivity contribution in [2.24, 2.45) is 7.05 Å². The second-order valence-electron chi connectivity index (χ2n) is 6.83. The molecule has 1 aromatic heterocycles. The van der Waals surface area contributed by atoms with Crippen LogP contribution in [0.5, 0.6) is 0 Å². The zero-order valence-corrected chi connectivity index (χ0v) is 16.0. The molecule has 1 aromatic carbocycles. The summed E-state index contributed by atoms with van der Waals surface area (Å²) < 4.78 is 1.49. The number of likely N-dealkylation sites (tertiary alicyclic amines) is 1. The second-order valence-corrected chi connectivity index (χ2v) is 7.47. The molecule has 0 saturated carbocycles. The largest absolute Gasteiger partial charge is 0.380 e. The van der Waals surface area contributed by atoms with E-state index in [-0.39, 0.29) is 16.6 Å². The Labute approximate surface area is 158 Å². The molecule has 25 heavy (non-hydrogen) atoms. The Morgan fingerprint density at radius 3 is 2.56 bits per heavy atom. The van der Waals surface area contributed by atoms with Crippen LogP contribution in [-0.2, 0) is 12.9 Å². The summed E-state index contributed by atoms with van der Waals surface area (Å²) in [6.45, 7) is 1.94. The summed E-state index contributed by atoms with van der Waals surface area (Å²) in [4.78, 5) is 14.3. The third kappa shape index (κ3) is 4.20. The summed E-state index contributed by atoms with van der Waals surface area (Å²) in [5.74, 6) is 0.974. The lowest BCUT2D eigenvalue weighted by atomic mass is 9.88. The molecule has 134 valence electrons. The normalized spacial score (nSPS) is 21.3. The summed E-state index contributed by atoms with van der Waals surface area (Å²) >= 11 is 12.1. The summed E-state index contributed by atoms with van der Waals surface area (Å²) in [6, 6.07) is 10.6. The molecule has 1 aliphatic rings. The van der Waals surface area contributed by atoms with Gasteiger partial charge in [-0.2, -0.15) is 0 Å². The molecule has 0 radical (unpaired) electrons. The molecule has 0 aliphatic carbocycles. The van der Waals surface area contributed by atoms with Crippen LogP contribution in [0.2, 0.25) is 5.02 Å². The lowest BCUT2D eigenvalue weighted by Crippen LogP contribution is -2.43. The van der Waals surface area contributed by atoms with Crippen molar-refractivity contribution in [3.63, 3.8) is 0 Å². The fourth-order valence-electron chi connectivity index (χ4n) is 3.47. The van der Waals surface area contributed by atoms with Crippen LogP contribution in [0.25, 0.3) is 0 Å². The van der Waals surface area contributed by atoms with Crippen molar-refractivity contribution >= 4 is 28.9 Å². The van der Waals surface area contributed by atoms with E-state index >= 15 is 0 Å². The number of alkyl halides is 1. The lowest BCUT2D eigenvalue weighted by molar-refractivity contribution is 0.235. The predicted octanol–water partition coefficient (Wildman–Crippen LogP) is 3.68. The van der Waals surface area contributed by atoms with E-state index in [4.69, 9.17) is 23.2 Å². The Hall–Kier alpha value is -1.49. The molecule has 0 spiro atoms. The minimum absolute atomic E-state index is 0.177. The number of benzene rings is 1. The number of aromatic nitrogens is 1. The van der Waals surface area contributed by atoms with Gasteiger partial charge in [0.2, 0.25) is 0 Å². The van der Waals surface area contributed by atoms with Gasteiger partial charge in [-0.05, 0) is 36.6 Å². The first-order valence-electron chi connectivity index (χ1n) is 8.43. The number of nitrogens with zero attached hydrogens (tertiary/aromatic N) is 2. The van der Waals surface area contributed by atoms with Gasteiger partial charge in [-0.3, -0.25) is 4.79 Å². The monoisotopic (exact) mass is 379 g/mol. The van der Waals surface area contributed by atoms with Crippen molar-refractivity contribution < 1.29 is 0 Å². The van der Waals surface area contributed by atoms with Crippen molar-refractivity contribution in [1.29, 1.82) is 0 Å².